The van der Waals surface area contributed by atoms with Crippen molar-refractivity contribution in [3.63, 3.8) is 0 Å². The van der Waals surface area contributed by atoms with Gasteiger partial charge in [0.05, 0.1) is 6.20 Å². The van der Waals surface area contributed by atoms with Crippen molar-refractivity contribution in [1.82, 2.24) is 14.6 Å². The van der Waals surface area contributed by atoms with E-state index in [1.54, 1.807) is 6.20 Å². The maximum Gasteiger partial charge on any atom is 0.306 e. The van der Waals surface area contributed by atoms with E-state index in [1.807, 2.05) is 31.4 Å². The molecule has 3 rings (SSSR count). The second kappa shape index (κ2) is 6.65. The zero-order valence-electron chi connectivity index (χ0n) is 15.7. The summed E-state index contributed by atoms with van der Waals surface area (Å²) in [5.74, 6) is 1.63. The topological polar surface area (TPSA) is 68.5 Å². The summed E-state index contributed by atoms with van der Waals surface area (Å²) in [7, 11) is 0. The molecule has 0 radical (unpaired) electrons. The van der Waals surface area contributed by atoms with Gasteiger partial charge in [0.25, 0.3) is 0 Å². The van der Waals surface area contributed by atoms with Gasteiger partial charge < -0.3 is 10.1 Å². The van der Waals surface area contributed by atoms with Gasteiger partial charge in [-0.05, 0) is 45.4 Å². The number of esters is 1. The Morgan fingerprint density at radius 1 is 1.40 bits per heavy atom. The Hall–Kier alpha value is -2.11. The zero-order valence-corrected chi connectivity index (χ0v) is 15.7. The third-order valence-electron chi connectivity index (χ3n) is 4.43. The molecular formula is C19H28N4O2. The first-order chi connectivity index (χ1) is 11.7. The fourth-order valence-corrected chi connectivity index (χ4v) is 3.18. The number of carbonyl (C=O) groups excluding carboxylic acids is 1. The molecule has 1 aliphatic carbocycles. The normalized spacial score (nSPS) is 20.6. The number of nitrogens with one attached hydrogen (secondary N) is 1. The van der Waals surface area contributed by atoms with Gasteiger partial charge in [-0.1, -0.05) is 13.8 Å². The molecule has 2 heterocycles. The van der Waals surface area contributed by atoms with Crippen molar-refractivity contribution in [2.45, 2.75) is 71.4 Å². The van der Waals surface area contributed by atoms with Gasteiger partial charge in [-0.25, -0.2) is 4.98 Å². The molecule has 0 saturated heterocycles. The third-order valence-corrected chi connectivity index (χ3v) is 4.43. The molecule has 1 saturated carbocycles. The van der Waals surface area contributed by atoms with Gasteiger partial charge in [-0.15, -0.1) is 0 Å². The van der Waals surface area contributed by atoms with E-state index in [4.69, 9.17) is 4.74 Å². The van der Waals surface area contributed by atoms with Crippen molar-refractivity contribution in [3.05, 3.63) is 24.0 Å². The lowest BCUT2D eigenvalue weighted by molar-refractivity contribution is -0.156. The van der Waals surface area contributed by atoms with E-state index in [0.717, 1.165) is 30.0 Å². The van der Waals surface area contributed by atoms with Gasteiger partial charge >= 0.3 is 5.97 Å². The summed E-state index contributed by atoms with van der Waals surface area (Å²) in [4.78, 5) is 16.6. The molecule has 0 amide bonds. The predicted octanol–water partition coefficient (Wildman–Crippen LogP) is 3.78. The third kappa shape index (κ3) is 4.30. The fourth-order valence-electron chi connectivity index (χ4n) is 3.18. The van der Waals surface area contributed by atoms with Crippen LogP contribution in [-0.2, 0) is 9.53 Å². The standard InChI is InChI=1S/C19H28N4O2/c1-12(2)15-11-17(23-16(22-15)6-7-20-23)21-14-8-13(9-14)10-18(24)25-19(3,4)5/h6-7,11-14,21H,8-10H2,1-5H3. The van der Waals surface area contributed by atoms with Crippen LogP contribution in [-0.4, -0.2) is 32.2 Å². The summed E-state index contributed by atoms with van der Waals surface area (Å²) >= 11 is 0. The molecule has 0 spiro atoms. The maximum atomic E-state index is 11.9. The predicted molar refractivity (Wildman–Crippen MR) is 97.7 cm³/mol. The molecule has 0 bridgehead atoms. The van der Waals surface area contributed by atoms with Crippen LogP contribution in [0.3, 0.4) is 0 Å². The molecule has 2 aromatic rings. The summed E-state index contributed by atoms with van der Waals surface area (Å²) in [6, 6.07) is 4.36. The Morgan fingerprint density at radius 3 is 2.76 bits per heavy atom. The number of fused-ring (bicyclic) bond motifs is 1. The number of hydrogen-bond acceptors (Lipinski definition) is 5. The highest BCUT2D eigenvalue weighted by Crippen LogP contribution is 2.33. The van der Waals surface area contributed by atoms with Crippen LogP contribution in [0.5, 0.6) is 0 Å². The van der Waals surface area contributed by atoms with Gasteiger partial charge in [-0.2, -0.15) is 9.61 Å². The molecule has 1 N–H and O–H groups in total. The first kappa shape index (κ1) is 17.7. The first-order valence-electron chi connectivity index (χ1n) is 9.04. The van der Waals surface area contributed by atoms with Crippen LogP contribution >= 0.6 is 0 Å². The minimum Gasteiger partial charge on any atom is -0.460 e. The molecule has 6 heteroatoms. The van der Waals surface area contributed by atoms with Crippen LogP contribution in [0.1, 0.15) is 65.5 Å². The number of rotatable bonds is 5. The minimum absolute atomic E-state index is 0.101. The quantitative estimate of drug-likeness (QED) is 0.836. The van der Waals surface area contributed by atoms with Crippen molar-refractivity contribution in [2.24, 2.45) is 5.92 Å². The lowest BCUT2D eigenvalue weighted by Gasteiger charge is -2.36. The highest BCUT2D eigenvalue weighted by molar-refractivity contribution is 5.70. The molecule has 0 unspecified atom stereocenters. The summed E-state index contributed by atoms with van der Waals surface area (Å²) in [5.41, 5.74) is 1.51. The van der Waals surface area contributed by atoms with Gasteiger partial charge in [-0.3, -0.25) is 4.79 Å². The minimum atomic E-state index is -0.408. The SMILES string of the molecule is CC(C)c1cc(NC2CC(CC(=O)OC(C)(C)C)C2)n2nccc2n1. The average Bonchev–Trinajstić information content (AvgIpc) is 2.91. The molecule has 2 aromatic heterocycles. The Balaban J connectivity index is 1.59. The van der Waals surface area contributed by atoms with Crippen LogP contribution in [0.2, 0.25) is 0 Å². The Kier molecular flexibility index (Phi) is 4.71. The zero-order chi connectivity index (χ0) is 18.2. The van der Waals surface area contributed by atoms with E-state index < -0.39 is 5.60 Å². The number of nitrogens with zero attached hydrogens (tertiary/aromatic N) is 3. The lowest BCUT2D eigenvalue weighted by Crippen LogP contribution is -2.38. The molecule has 0 atom stereocenters. The van der Waals surface area contributed by atoms with Crippen LogP contribution in [0.4, 0.5) is 5.82 Å². The lowest BCUT2D eigenvalue weighted by atomic mass is 9.78. The molecule has 1 fully saturated rings. The van der Waals surface area contributed by atoms with Gasteiger partial charge in [0.2, 0.25) is 0 Å². The molecule has 6 nitrogen and oxygen atoms in total. The van der Waals surface area contributed by atoms with E-state index in [0.29, 0.717) is 24.3 Å². The fraction of sp³-hybridized carbons (Fsp3) is 0.632. The molecule has 25 heavy (non-hydrogen) atoms. The van der Waals surface area contributed by atoms with Crippen molar-refractivity contribution in [2.75, 3.05) is 5.32 Å². The summed E-state index contributed by atoms with van der Waals surface area (Å²) in [5, 5.41) is 7.92. The van der Waals surface area contributed by atoms with Gasteiger partial charge in [0, 0.05) is 30.3 Å². The monoisotopic (exact) mass is 344 g/mol. The van der Waals surface area contributed by atoms with E-state index >= 15 is 0 Å². The maximum absolute atomic E-state index is 11.9. The number of hydrogen-bond donors (Lipinski definition) is 1. The van der Waals surface area contributed by atoms with E-state index in [9.17, 15) is 4.79 Å². The highest BCUT2D eigenvalue weighted by atomic mass is 16.6. The number of carbonyl (C=O) groups is 1. The molecule has 0 aromatic carbocycles. The average molecular weight is 344 g/mol. The second-order valence-corrected chi connectivity index (χ2v) is 8.29. The van der Waals surface area contributed by atoms with E-state index in [1.165, 1.54) is 0 Å². The largest absolute Gasteiger partial charge is 0.460 e. The molecule has 0 aliphatic heterocycles. The van der Waals surface area contributed by atoms with Gasteiger partial charge in [0.15, 0.2) is 5.65 Å². The van der Waals surface area contributed by atoms with Crippen LogP contribution in [0.25, 0.3) is 5.65 Å². The molecule has 136 valence electrons. The number of ether oxygens (including phenoxy) is 1. The first-order valence-corrected chi connectivity index (χ1v) is 9.04. The molecule has 1 aliphatic rings. The Morgan fingerprint density at radius 2 is 2.12 bits per heavy atom. The van der Waals surface area contributed by atoms with E-state index in [-0.39, 0.29) is 5.97 Å². The summed E-state index contributed by atoms with van der Waals surface area (Å²) in [6.45, 7) is 9.99. The number of anilines is 1. The van der Waals surface area contributed by atoms with Gasteiger partial charge in [0.1, 0.15) is 11.4 Å². The van der Waals surface area contributed by atoms with Crippen LogP contribution in [0, 0.1) is 5.92 Å². The van der Waals surface area contributed by atoms with Crippen molar-refractivity contribution in [3.8, 4) is 0 Å². The van der Waals surface area contributed by atoms with Crippen molar-refractivity contribution < 1.29 is 9.53 Å². The Labute approximate surface area is 149 Å². The Bertz CT molecular complexity index is 754. The van der Waals surface area contributed by atoms with Crippen LogP contribution < -0.4 is 5.32 Å². The smallest absolute Gasteiger partial charge is 0.306 e. The van der Waals surface area contributed by atoms with Crippen LogP contribution in [0.15, 0.2) is 18.3 Å². The summed E-state index contributed by atoms with van der Waals surface area (Å²) in [6.07, 6.45) is 4.21. The second-order valence-electron chi connectivity index (χ2n) is 8.29. The van der Waals surface area contributed by atoms with Crippen molar-refractivity contribution in [1.29, 1.82) is 0 Å². The van der Waals surface area contributed by atoms with E-state index in [2.05, 4.69) is 35.3 Å². The number of aromatic nitrogens is 3. The van der Waals surface area contributed by atoms with Crippen molar-refractivity contribution >= 4 is 17.4 Å². The highest BCUT2D eigenvalue weighted by Gasteiger charge is 2.32. The molecular weight excluding hydrogens is 316 g/mol. The summed E-state index contributed by atoms with van der Waals surface area (Å²) < 4.78 is 7.25.